The van der Waals surface area contributed by atoms with Gasteiger partial charge in [0.25, 0.3) is 0 Å². The zero-order valence-corrected chi connectivity index (χ0v) is 8.07. The SMILES string of the molecule is CC.CC(=O)c1cc(C=O)ccn1. The van der Waals surface area contributed by atoms with Crippen molar-refractivity contribution >= 4 is 12.1 Å². The summed E-state index contributed by atoms with van der Waals surface area (Å²) in [5.74, 6) is -0.131. The van der Waals surface area contributed by atoms with E-state index in [1.165, 1.54) is 19.2 Å². The molecule has 0 aliphatic rings. The first-order valence-corrected chi connectivity index (χ1v) is 4.16. The van der Waals surface area contributed by atoms with Crippen LogP contribution in [0.15, 0.2) is 18.3 Å². The number of aromatic nitrogens is 1. The summed E-state index contributed by atoms with van der Waals surface area (Å²) in [6.07, 6.45) is 2.13. The Morgan fingerprint density at radius 2 is 2.08 bits per heavy atom. The highest BCUT2D eigenvalue weighted by Gasteiger charge is 1.99. The van der Waals surface area contributed by atoms with E-state index in [0.717, 1.165) is 0 Å². The number of Topliss-reactive ketones (excluding diaryl/α,β-unsaturated/α-hetero) is 1. The Bertz CT molecular complexity index is 295. The molecule has 0 saturated carbocycles. The predicted octanol–water partition coefficient (Wildman–Crippen LogP) is 2.12. The third-order valence-corrected chi connectivity index (χ3v) is 1.28. The molecule has 0 atom stereocenters. The third-order valence-electron chi connectivity index (χ3n) is 1.28. The van der Waals surface area contributed by atoms with Crippen LogP contribution in [0.3, 0.4) is 0 Å². The van der Waals surface area contributed by atoms with Gasteiger partial charge < -0.3 is 0 Å². The highest BCUT2D eigenvalue weighted by Crippen LogP contribution is 1.99. The first-order valence-electron chi connectivity index (χ1n) is 4.16. The standard InChI is InChI=1S/C8H7NO2.C2H6/c1-6(11)8-4-7(5-10)2-3-9-8;1-2/h2-5H,1H3;1-2H3. The molecule has 1 aromatic heterocycles. The van der Waals surface area contributed by atoms with Crippen molar-refractivity contribution in [1.82, 2.24) is 4.98 Å². The number of carbonyl (C=O) groups excluding carboxylic acids is 2. The molecule has 0 aromatic carbocycles. The summed E-state index contributed by atoms with van der Waals surface area (Å²) in [6, 6.07) is 3.02. The van der Waals surface area contributed by atoms with Gasteiger partial charge in [-0.05, 0) is 12.1 Å². The van der Waals surface area contributed by atoms with Crippen molar-refractivity contribution in [1.29, 1.82) is 0 Å². The Hall–Kier alpha value is -1.51. The lowest BCUT2D eigenvalue weighted by atomic mass is 10.2. The third kappa shape index (κ3) is 3.60. The molecule has 1 rings (SSSR count). The molecule has 13 heavy (non-hydrogen) atoms. The number of rotatable bonds is 2. The van der Waals surface area contributed by atoms with Gasteiger partial charge in [0.2, 0.25) is 0 Å². The molecule has 0 unspecified atom stereocenters. The minimum atomic E-state index is -0.131. The van der Waals surface area contributed by atoms with E-state index in [4.69, 9.17) is 0 Å². The minimum absolute atomic E-state index is 0.131. The van der Waals surface area contributed by atoms with Gasteiger partial charge in [-0.3, -0.25) is 14.6 Å². The van der Waals surface area contributed by atoms with Gasteiger partial charge in [-0.25, -0.2) is 0 Å². The molecular weight excluding hydrogens is 166 g/mol. The highest BCUT2D eigenvalue weighted by molar-refractivity contribution is 5.93. The van der Waals surface area contributed by atoms with Gasteiger partial charge in [-0.2, -0.15) is 0 Å². The molecule has 0 saturated heterocycles. The molecular formula is C10H13NO2. The van der Waals surface area contributed by atoms with E-state index < -0.39 is 0 Å². The van der Waals surface area contributed by atoms with E-state index >= 15 is 0 Å². The van der Waals surface area contributed by atoms with Crippen molar-refractivity contribution in [3.8, 4) is 0 Å². The highest BCUT2D eigenvalue weighted by atomic mass is 16.1. The summed E-state index contributed by atoms with van der Waals surface area (Å²) in [5, 5.41) is 0. The molecule has 0 aliphatic heterocycles. The molecule has 0 aliphatic carbocycles. The predicted molar refractivity (Wildman–Crippen MR) is 51.0 cm³/mol. The maximum atomic E-state index is 10.7. The number of nitrogens with zero attached hydrogens (tertiary/aromatic N) is 1. The Morgan fingerprint density at radius 1 is 1.46 bits per heavy atom. The molecule has 0 amide bonds. The zero-order valence-electron chi connectivity index (χ0n) is 8.07. The van der Waals surface area contributed by atoms with Gasteiger partial charge in [-0.15, -0.1) is 0 Å². The van der Waals surface area contributed by atoms with E-state index in [9.17, 15) is 9.59 Å². The van der Waals surface area contributed by atoms with Crippen LogP contribution in [-0.4, -0.2) is 17.1 Å². The molecule has 3 nitrogen and oxygen atoms in total. The fourth-order valence-electron chi connectivity index (χ4n) is 0.713. The van der Waals surface area contributed by atoms with Crippen molar-refractivity contribution in [2.75, 3.05) is 0 Å². The van der Waals surface area contributed by atoms with E-state index in [2.05, 4.69) is 4.98 Å². The zero-order chi connectivity index (χ0) is 10.3. The van der Waals surface area contributed by atoms with Gasteiger partial charge in [0.05, 0.1) is 0 Å². The van der Waals surface area contributed by atoms with Crippen molar-refractivity contribution in [3.05, 3.63) is 29.6 Å². The van der Waals surface area contributed by atoms with Crippen molar-refractivity contribution in [2.45, 2.75) is 20.8 Å². The van der Waals surface area contributed by atoms with Crippen LogP contribution in [-0.2, 0) is 0 Å². The van der Waals surface area contributed by atoms with E-state index in [-0.39, 0.29) is 5.78 Å². The first-order chi connectivity index (χ1) is 6.24. The molecule has 0 N–H and O–H groups in total. The van der Waals surface area contributed by atoms with Gasteiger partial charge >= 0.3 is 0 Å². The summed E-state index contributed by atoms with van der Waals surface area (Å²) in [7, 11) is 0. The summed E-state index contributed by atoms with van der Waals surface area (Å²) in [4.78, 5) is 24.8. The summed E-state index contributed by atoms with van der Waals surface area (Å²) < 4.78 is 0. The maximum Gasteiger partial charge on any atom is 0.178 e. The normalized spacial score (nSPS) is 8.23. The number of hydrogen-bond donors (Lipinski definition) is 0. The summed E-state index contributed by atoms with van der Waals surface area (Å²) in [6.45, 7) is 5.41. The fraction of sp³-hybridized carbons (Fsp3) is 0.300. The van der Waals surface area contributed by atoms with Crippen LogP contribution in [0.5, 0.6) is 0 Å². The Kier molecular flexibility index (Phi) is 5.35. The second-order valence-electron chi connectivity index (χ2n) is 2.15. The van der Waals surface area contributed by atoms with Crippen LogP contribution >= 0.6 is 0 Å². The number of carbonyl (C=O) groups is 2. The van der Waals surface area contributed by atoms with E-state index in [0.29, 0.717) is 17.5 Å². The average Bonchev–Trinajstić information content (AvgIpc) is 2.21. The Labute approximate surface area is 77.8 Å². The lowest BCUT2D eigenvalue weighted by molar-refractivity contribution is 0.101. The first kappa shape index (κ1) is 11.5. The Balaban J connectivity index is 0.000000671. The van der Waals surface area contributed by atoms with Crippen LogP contribution < -0.4 is 0 Å². The summed E-state index contributed by atoms with van der Waals surface area (Å²) >= 11 is 0. The van der Waals surface area contributed by atoms with Crippen LogP contribution in [0.4, 0.5) is 0 Å². The van der Waals surface area contributed by atoms with Gasteiger partial charge in [-0.1, -0.05) is 13.8 Å². The number of ketones is 1. The van der Waals surface area contributed by atoms with Gasteiger partial charge in [0, 0.05) is 18.7 Å². The topological polar surface area (TPSA) is 47.0 Å². The number of aldehydes is 1. The van der Waals surface area contributed by atoms with Crippen molar-refractivity contribution < 1.29 is 9.59 Å². The van der Waals surface area contributed by atoms with Crippen molar-refractivity contribution in [2.24, 2.45) is 0 Å². The van der Waals surface area contributed by atoms with Crippen LogP contribution in [0.1, 0.15) is 41.6 Å². The lowest BCUT2D eigenvalue weighted by Gasteiger charge is -1.93. The second kappa shape index (κ2) is 6.06. The molecule has 0 radical (unpaired) electrons. The number of hydrogen-bond acceptors (Lipinski definition) is 3. The fourth-order valence-corrected chi connectivity index (χ4v) is 0.713. The van der Waals surface area contributed by atoms with E-state index in [1.54, 1.807) is 6.07 Å². The van der Waals surface area contributed by atoms with Crippen LogP contribution in [0.25, 0.3) is 0 Å². The summed E-state index contributed by atoms with van der Waals surface area (Å²) in [5.41, 5.74) is 0.805. The molecule has 3 heteroatoms. The van der Waals surface area contributed by atoms with Crippen LogP contribution in [0.2, 0.25) is 0 Å². The Morgan fingerprint density at radius 3 is 2.54 bits per heavy atom. The molecule has 0 fully saturated rings. The average molecular weight is 179 g/mol. The molecule has 1 aromatic rings. The second-order valence-corrected chi connectivity index (χ2v) is 2.15. The monoisotopic (exact) mass is 179 g/mol. The van der Waals surface area contributed by atoms with Crippen LogP contribution in [0, 0.1) is 0 Å². The lowest BCUT2D eigenvalue weighted by Crippen LogP contribution is -1.96. The maximum absolute atomic E-state index is 10.7. The van der Waals surface area contributed by atoms with E-state index in [1.807, 2.05) is 13.8 Å². The molecule has 0 spiro atoms. The quantitative estimate of drug-likeness (QED) is 0.516. The van der Waals surface area contributed by atoms with Gasteiger partial charge in [0.15, 0.2) is 5.78 Å². The van der Waals surface area contributed by atoms with Crippen molar-refractivity contribution in [3.63, 3.8) is 0 Å². The van der Waals surface area contributed by atoms with Gasteiger partial charge in [0.1, 0.15) is 12.0 Å². The molecule has 70 valence electrons. The smallest absolute Gasteiger partial charge is 0.178 e. The minimum Gasteiger partial charge on any atom is -0.298 e. The molecule has 1 heterocycles. The molecule has 0 bridgehead atoms. The number of pyridine rings is 1. The largest absolute Gasteiger partial charge is 0.298 e.